The highest BCUT2D eigenvalue weighted by Gasteiger charge is 2.23. The molecule has 0 aliphatic carbocycles. The zero-order valence-electron chi connectivity index (χ0n) is 11.7. The molecule has 19 heavy (non-hydrogen) atoms. The van der Waals surface area contributed by atoms with E-state index >= 15 is 0 Å². The molecule has 2 unspecified atom stereocenters. The Hall–Kier alpha value is -0.390. The summed E-state index contributed by atoms with van der Waals surface area (Å²) in [5, 5.41) is 2.86. The summed E-state index contributed by atoms with van der Waals surface area (Å²) < 4.78 is 25.6. The molecule has 5 heteroatoms. The van der Waals surface area contributed by atoms with Crippen LogP contribution in [0, 0.1) is 0 Å². The van der Waals surface area contributed by atoms with Gasteiger partial charge in [-0.2, -0.15) is 0 Å². The van der Waals surface area contributed by atoms with E-state index in [1.165, 1.54) is 0 Å². The highest BCUT2D eigenvalue weighted by molar-refractivity contribution is 9.10. The fraction of sp³-hybridized carbons (Fsp3) is 0.571. The molecule has 0 radical (unpaired) electrons. The van der Waals surface area contributed by atoms with Gasteiger partial charge in [-0.3, -0.25) is 0 Å². The molecule has 0 saturated heterocycles. The molecule has 0 bridgehead atoms. The van der Waals surface area contributed by atoms with Gasteiger partial charge in [-0.05, 0) is 44.5 Å². The SMILES string of the molecule is CCCC(C)NCC(C)S(=O)(=O)c1ccc(Br)cc1. The largest absolute Gasteiger partial charge is 0.313 e. The van der Waals surface area contributed by atoms with Crippen LogP contribution in [-0.4, -0.2) is 26.3 Å². The Kier molecular flexibility index (Phi) is 6.50. The Balaban J connectivity index is 2.69. The van der Waals surface area contributed by atoms with Crippen molar-refractivity contribution in [2.75, 3.05) is 6.54 Å². The minimum Gasteiger partial charge on any atom is -0.313 e. The maximum atomic E-state index is 12.4. The molecule has 1 aromatic carbocycles. The summed E-state index contributed by atoms with van der Waals surface area (Å²) in [4.78, 5) is 0.383. The van der Waals surface area contributed by atoms with Crippen molar-refractivity contribution in [1.82, 2.24) is 5.32 Å². The summed E-state index contributed by atoms with van der Waals surface area (Å²) >= 11 is 3.31. The number of hydrogen-bond donors (Lipinski definition) is 1. The Labute approximate surface area is 124 Å². The smallest absolute Gasteiger partial charge is 0.182 e. The molecule has 3 nitrogen and oxygen atoms in total. The molecular weight excluding hydrogens is 326 g/mol. The summed E-state index contributed by atoms with van der Waals surface area (Å²) in [6.07, 6.45) is 2.16. The van der Waals surface area contributed by atoms with Crippen molar-refractivity contribution < 1.29 is 8.42 Å². The first-order chi connectivity index (χ1) is 8.87. The van der Waals surface area contributed by atoms with Gasteiger partial charge in [0.1, 0.15) is 0 Å². The van der Waals surface area contributed by atoms with Gasteiger partial charge in [-0.15, -0.1) is 0 Å². The molecule has 1 aromatic rings. The van der Waals surface area contributed by atoms with Gasteiger partial charge in [0.15, 0.2) is 9.84 Å². The highest BCUT2D eigenvalue weighted by Crippen LogP contribution is 2.19. The Morgan fingerprint density at radius 2 is 1.79 bits per heavy atom. The normalized spacial score (nSPS) is 15.2. The van der Waals surface area contributed by atoms with E-state index in [0.717, 1.165) is 17.3 Å². The van der Waals surface area contributed by atoms with Crippen LogP contribution in [0.15, 0.2) is 33.6 Å². The van der Waals surface area contributed by atoms with Gasteiger partial charge in [0.2, 0.25) is 0 Å². The van der Waals surface area contributed by atoms with Gasteiger partial charge < -0.3 is 5.32 Å². The second kappa shape index (κ2) is 7.41. The molecule has 0 amide bonds. The second-order valence-electron chi connectivity index (χ2n) is 4.91. The molecule has 2 atom stereocenters. The van der Waals surface area contributed by atoms with Gasteiger partial charge in [0.05, 0.1) is 10.1 Å². The van der Waals surface area contributed by atoms with E-state index in [1.807, 2.05) is 0 Å². The van der Waals surface area contributed by atoms with Gasteiger partial charge in [0.25, 0.3) is 0 Å². The Morgan fingerprint density at radius 3 is 2.32 bits per heavy atom. The lowest BCUT2D eigenvalue weighted by atomic mass is 10.2. The first kappa shape index (κ1) is 16.7. The van der Waals surface area contributed by atoms with Gasteiger partial charge in [-0.25, -0.2) is 8.42 Å². The van der Waals surface area contributed by atoms with Crippen molar-refractivity contribution >= 4 is 25.8 Å². The van der Waals surface area contributed by atoms with E-state index in [4.69, 9.17) is 0 Å². The molecule has 108 valence electrons. The monoisotopic (exact) mass is 347 g/mol. The van der Waals surface area contributed by atoms with E-state index in [9.17, 15) is 8.42 Å². The molecular formula is C14H22BrNO2S. The molecule has 0 heterocycles. The van der Waals surface area contributed by atoms with Gasteiger partial charge >= 0.3 is 0 Å². The van der Waals surface area contributed by atoms with E-state index in [-0.39, 0.29) is 0 Å². The summed E-state index contributed by atoms with van der Waals surface area (Å²) in [6.45, 7) is 6.45. The quantitative estimate of drug-likeness (QED) is 0.822. The molecule has 0 aliphatic heterocycles. The average Bonchev–Trinajstić information content (AvgIpc) is 2.36. The molecule has 0 aliphatic rings. The maximum Gasteiger partial charge on any atom is 0.182 e. The number of hydrogen-bond acceptors (Lipinski definition) is 3. The standard InChI is InChI=1S/C14H22BrNO2S/c1-4-5-11(2)16-10-12(3)19(17,18)14-8-6-13(15)7-9-14/h6-9,11-12,16H,4-5,10H2,1-3H3. The summed E-state index contributed by atoms with van der Waals surface area (Å²) in [5.74, 6) is 0. The molecule has 0 fully saturated rings. The fourth-order valence-corrected chi connectivity index (χ4v) is 3.43. The predicted octanol–water partition coefficient (Wildman–Crippen LogP) is 3.39. The van der Waals surface area contributed by atoms with E-state index < -0.39 is 15.1 Å². The molecule has 0 aromatic heterocycles. The van der Waals surface area contributed by atoms with Crippen LogP contribution in [0.3, 0.4) is 0 Å². The number of benzene rings is 1. The van der Waals surface area contributed by atoms with E-state index in [0.29, 0.717) is 17.5 Å². The molecule has 0 saturated carbocycles. The van der Waals surface area contributed by atoms with Crippen molar-refractivity contribution in [3.05, 3.63) is 28.7 Å². The lowest BCUT2D eigenvalue weighted by Gasteiger charge is -2.17. The predicted molar refractivity (Wildman–Crippen MR) is 83.2 cm³/mol. The summed E-state index contributed by atoms with van der Waals surface area (Å²) in [7, 11) is -3.25. The van der Waals surface area contributed by atoms with Crippen LogP contribution >= 0.6 is 15.9 Å². The Bertz CT molecular complexity index is 485. The topological polar surface area (TPSA) is 46.2 Å². The highest BCUT2D eigenvalue weighted by atomic mass is 79.9. The third-order valence-corrected chi connectivity index (χ3v) is 5.83. The lowest BCUT2D eigenvalue weighted by molar-refractivity contribution is 0.501. The van der Waals surface area contributed by atoms with Crippen LogP contribution < -0.4 is 5.32 Å². The summed E-state index contributed by atoms with van der Waals surface area (Å²) in [5.41, 5.74) is 0. The fourth-order valence-electron chi connectivity index (χ4n) is 1.87. The minimum atomic E-state index is -3.25. The number of rotatable bonds is 7. The number of sulfone groups is 1. The second-order valence-corrected chi connectivity index (χ2v) is 8.19. The first-order valence-corrected chi connectivity index (χ1v) is 8.94. The van der Waals surface area contributed by atoms with Crippen molar-refractivity contribution in [2.45, 2.75) is 49.8 Å². The van der Waals surface area contributed by atoms with Gasteiger partial charge in [0, 0.05) is 17.1 Å². The van der Waals surface area contributed by atoms with Crippen LogP contribution in [0.4, 0.5) is 0 Å². The minimum absolute atomic E-state index is 0.354. The van der Waals surface area contributed by atoms with Crippen LogP contribution in [0.1, 0.15) is 33.6 Å². The van der Waals surface area contributed by atoms with E-state index in [2.05, 4.69) is 35.1 Å². The lowest BCUT2D eigenvalue weighted by Crippen LogP contribution is -2.36. The number of halogens is 1. The molecule has 0 spiro atoms. The molecule has 1 rings (SSSR count). The average molecular weight is 348 g/mol. The van der Waals surface area contributed by atoms with Crippen LogP contribution in [0.5, 0.6) is 0 Å². The van der Waals surface area contributed by atoms with Crippen molar-refractivity contribution in [2.24, 2.45) is 0 Å². The van der Waals surface area contributed by atoms with Crippen molar-refractivity contribution in [3.8, 4) is 0 Å². The zero-order valence-corrected chi connectivity index (χ0v) is 14.1. The van der Waals surface area contributed by atoms with Crippen LogP contribution in [0.2, 0.25) is 0 Å². The maximum absolute atomic E-state index is 12.4. The van der Waals surface area contributed by atoms with E-state index in [1.54, 1.807) is 31.2 Å². The van der Waals surface area contributed by atoms with Crippen molar-refractivity contribution in [3.63, 3.8) is 0 Å². The zero-order chi connectivity index (χ0) is 14.5. The molecule has 1 N–H and O–H groups in total. The number of nitrogens with one attached hydrogen (secondary N) is 1. The third-order valence-electron chi connectivity index (χ3n) is 3.15. The first-order valence-electron chi connectivity index (χ1n) is 6.60. The third kappa shape index (κ3) is 4.89. The van der Waals surface area contributed by atoms with Crippen LogP contribution in [0.25, 0.3) is 0 Å². The van der Waals surface area contributed by atoms with Gasteiger partial charge in [-0.1, -0.05) is 29.3 Å². The van der Waals surface area contributed by atoms with Crippen LogP contribution in [-0.2, 0) is 9.84 Å². The summed E-state index contributed by atoms with van der Waals surface area (Å²) in [6, 6.07) is 7.16. The van der Waals surface area contributed by atoms with Crippen molar-refractivity contribution in [1.29, 1.82) is 0 Å². The Morgan fingerprint density at radius 1 is 1.21 bits per heavy atom.